The Morgan fingerprint density at radius 2 is 1.26 bits per heavy atom. The fourth-order valence-electron chi connectivity index (χ4n) is 8.36. The maximum atomic E-state index is 14.0. The maximum absolute atomic E-state index is 14.0. The van der Waals surface area contributed by atoms with Gasteiger partial charge in [0.15, 0.2) is 33.8 Å². The molecule has 444 valence electrons. The topological polar surface area (TPSA) is 298 Å². The smallest absolute Gasteiger partial charge is 0.433 e. The van der Waals surface area contributed by atoms with Crippen LogP contribution in [0.1, 0.15) is 83.3 Å². The number of alkyl halides is 8. The number of nitrogens with zero attached hydrogens (tertiary/aromatic N) is 7. The number of ether oxygens (including phenoxy) is 7. The number of rotatable bonds is 20. The van der Waals surface area contributed by atoms with Crippen LogP contribution in [0, 0.1) is 17.8 Å². The number of allylic oxidation sites excluding steroid dienone is 1. The summed E-state index contributed by atoms with van der Waals surface area (Å²) in [6, 6.07) is 5.60. The number of pyridine rings is 3. The molecule has 0 radical (unpaired) electrons. The highest BCUT2D eigenvalue weighted by Gasteiger charge is 2.50. The number of sulfonamides is 1. The van der Waals surface area contributed by atoms with E-state index in [0.29, 0.717) is 38.3 Å². The largest absolute Gasteiger partial charge is 0.506 e. The quantitative estimate of drug-likeness (QED) is 0.0159. The van der Waals surface area contributed by atoms with Gasteiger partial charge >= 0.3 is 12.4 Å². The van der Waals surface area contributed by atoms with E-state index in [4.69, 9.17) is 33.2 Å². The summed E-state index contributed by atoms with van der Waals surface area (Å²) in [5.74, 6) is -9.67. The number of aliphatic hydroxyl groups excluding tert-OH is 1. The van der Waals surface area contributed by atoms with Gasteiger partial charge in [-0.05, 0) is 49.6 Å². The molecule has 5 heterocycles. The van der Waals surface area contributed by atoms with Crippen molar-refractivity contribution in [3.05, 3.63) is 87.6 Å². The summed E-state index contributed by atoms with van der Waals surface area (Å²) >= 11 is 0. The minimum atomic E-state index is -4.70. The van der Waals surface area contributed by atoms with Crippen molar-refractivity contribution in [2.75, 3.05) is 66.7 Å². The molecule has 0 aliphatic heterocycles. The fraction of sp³-hybridized carbons (Fsp3) is 0.460. The van der Waals surface area contributed by atoms with Crippen LogP contribution in [0.5, 0.6) is 17.6 Å². The van der Waals surface area contributed by atoms with Crippen molar-refractivity contribution in [3.63, 3.8) is 0 Å². The number of fused-ring (bicyclic) bond motifs is 3. The Kier molecular flexibility index (Phi) is 20.5. The zero-order valence-electron chi connectivity index (χ0n) is 44.3. The number of methoxy groups -OCH3 is 5. The number of Topliss-reactive ketones (excluding diaryl/α,β-unsaturated/α-hetero) is 5. The number of hydrogen-bond acceptors (Lipinski definition) is 21. The van der Waals surface area contributed by atoms with Crippen LogP contribution in [0.3, 0.4) is 0 Å². The number of anilines is 1. The Hall–Kier alpha value is -7.68. The van der Waals surface area contributed by atoms with E-state index in [-0.39, 0.29) is 110 Å². The summed E-state index contributed by atoms with van der Waals surface area (Å²) in [6.45, 7) is 0.476. The molecule has 4 aliphatic rings. The summed E-state index contributed by atoms with van der Waals surface area (Å²) in [5, 5.41) is 14.5. The van der Waals surface area contributed by atoms with E-state index >= 15 is 0 Å². The molecule has 4 fully saturated rings. The number of hydrogen-bond donors (Lipinski definition) is 2. The van der Waals surface area contributed by atoms with Crippen molar-refractivity contribution in [3.8, 4) is 17.6 Å². The molecular formula is C50H52F8N8O15S. The molecule has 82 heavy (non-hydrogen) atoms. The van der Waals surface area contributed by atoms with Crippen molar-refractivity contribution in [2.24, 2.45) is 17.8 Å². The van der Waals surface area contributed by atoms with Crippen LogP contribution in [0.4, 0.5) is 41.1 Å². The SMILES string of the molecule is COCCOCc1nc(C(F)(F)F)ccc1C(=O)C1C(=O)CCCC1=O.COCCOCc1nc(C(F)(F)F)ccc1C(O)=C1C(=O)C2CC(C2)C1=O.COc1cc(OC)n2nc(NS(=O)(=O)c3c(C(C)(F)F)ccnc3OC)nc2n1. The molecule has 4 aliphatic carbocycles. The van der Waals surface area contributed by atoms with Gasteiger partial charge < -0.3 is 38.3 Å². The number of aliphatic hydroxyl groups is 1. The molecule has 23 nitrogen and oxygen atoms in total. The summed E-state index contributed by atoms with van der Waals surface area (Å²) in [4.78, 5) is 79.1. The average molecular weight is 1190 g/mol. The summed E-state index contributed by atoms with van der Waals surface area (Å²) in [6.07, 6.45) is -6.86. The highest BCUT2D eigenvalue weighted by atomic mass is 32.2. The lowest BCUT2D eigenvalue weighted by Crippen LogP contribution is -2.45. The monoisotopic (exact) mass is 1190 g/mol. The lowest BCUT2D eigenvalue weighted by molar-refractivity contribution is -0.142. The first-order valence-electron chi connectivity index (χ1n) is 24.3. The fourth-order valence-corrected chi connectivity index (χ4v) is 9.69. The normalized spacial score (nSPS) is 16.6. The zero-order chi connectivity index (χ0) is 60.5. The molecule has 2 bridgehead atoms. The molecule has 4 saturated carbocycles. The molecule has 32 heteroatoms. The van der Waals surface area contributed by atoms with Crippen LogP contribution >= 0.6 is 0 Å². The third-order valence-electron chi connectivity index (χ3n) is 12.5. The average Bonchev–Trinajstić information content (AvgIpc) is 1.92. The van der Waals surface area contributed by atoms with Crippen LogP contribution in [0.15, 0.2) is 53.1 Å². The molecule has 0 aromatic carbocycles. The summed E-state index contributed by atoms with van der Waals surface area (Å²) in [5.41, 5.74) is -4.25. The van der Waals surface area contributed by atoms with Crippen LogP contribution in [-0.4, -0.2) is 139 Å². The van der Waals surface area contributed by atoms with Gasteiger partial charge in [0, 0.05) is 68.7 Å². The van der Waals surface area contributed by atoms with Crippen molar-refractivity contribution >= 4 is 56.4 Å². The second kappa shape index (κ2) is 26.5. The molecule has 5 aromatic heterocycles. The third-order valence-corrected chi connectivity index (χ3v) is 13.8. The third kappa shape index (κ3) is 14.9. The minimum Gasteiger partial charge on any atom is -0.506 e. The molecule has 0 saturated heterocycles. The van der Waals surface area contributed by atoms with Gasteiger partial charge in [-0.1, -0.05) is 0 Å². The highest BCUT2D eigenvalue weighted by Crippen LogP contribution is 2.45. The molecule has 9 rings (SSSR count). The zero-order valence-corrected chi connectivity index (χ0v) is 45.1. The molecule has 2 N–H and O–H groups in total. The van der Waals surface area contributed by atoms with Crippen molar-refractivity contribution < 1.29 is 106 Å². The van der Waals surface area contributed by atoms with Gasteiger partial charge in [0.05, 0.1) is 78.4 Å². The molecule has 5 aromatic rings. The van der Waals surface area contributed by atoms with Gasteiger partial charge in [-0.15, -0.1) is 5.10 Å². The highest BCUT2D eigenvalue weighted by molar-refractivity contribution is 7.92. The van der Waals surface area contributed by atoms with Gasteiger partial charge in [0.1, 0.15) is 28.6 Å². The predicted octanol–water partition coefficient (Wildman–Crippen LogP) is 6.55. The van der Waals surface area contributed by atoms with Gasteiger partial charge in [-0.25, -0.2) is 36.9 Å². The van der Waals surface area contributed by atoms with Gasteiger partial charge in [-0.3, -0.25) is 24.0 Å². The summed E-state index contributed by atoms with van der Waals surface area (Å²) in [7, 11) is 2.11. The van der Waals surface area contributed by atoms with Crippen LogP contribution in [0.25, 0.3) is 11.5 Å². The molecule has 0 amide bonds. The molecule has 0 spiro atoms. The number of halogens is 8. The van der Waals surface area contributed by atoms with E-state index < -0.39 is 103 Å². The molecular weight excluding hydrogens is 1140 g/mol. The Labute approximate surface area is 460 Å². The number of aromatic nitrogens is 7. The predicted molar refractivity (Wildman–Crippen MR) is 264 cm³/mol. The van der Waals surface area contributed by atoms with E-state index in [1.807, 2.05) is 4.72 Å². The Bertz CT molecular complexity index is 3310. The number of carbonyl (C=O) groups is 5. The van der Waals surface area contributed by atoms with Crippen LogP contribution in [-0.2, 0) is 79.6 Å². The van der Waals surface area contributed by atoms with E-state index in [1.165, 1.54) is 34.5 Å². The number of nitrogens with one attached hydrogen (secondary N) is 1. The second-order valence-electron chi connectivity index (χ2n) is 18.0. The van der Waals surface area contributed by atoms with Crippen molar-refractivity contribution in [1.29, 1.82) is 0 Å². The van der Waals surface area contributed by atoms with Crippen molar-refractivity contribution in [2.45, 2.75) is 75.4 Å². The first-order valence-corrected chi connectivity index (χ1v) is 25.8. The van der Waals surface area contributed by atoms with Crippen molar-refractivity contribution in [1.82, 2.24) is 34.5 Å². The van der Waals surface area contributed by atoms with E-state index in [2.05, 4.69) is 30.0 Å². The van der Waals surface area contributed by atoms with E-state index in [0.717, 1.165) is 36.0 Å². The Balaban J connectivity index is 0.000000198. The van der Waals surface area contributed by atoms with Gasteiger partial charge in [0.2, 0.25) is 17.6 Å². The first kappa shape index (κ1) is 63.5. The van der Waals surface area contributed by atoms with Crippen LogP contribution < -0.4 is 18.9 Å². The summed E-state index contributed by atoms with van der Waals surface area (Å²) < 4.78 is 170. The second-order valence-corrected chi connectivity index (χ2v) is 19.7. The molecule has 0 unspecified atom stereocenters. The lowest BCUT2D eigenvalue weighted by atomic mass is 9.61. The van der Waals surface area contributed by atoms with Gasteiger partial charge in [0.25, 0.3) is 27.7 Å². The lowest BCUT2D eigenvalue weighted by Gasteiger charge is -2.39. The van der Waals surface area contributed by atoms with Crippen LogP contribution in [0.2, 0.25) is 0 Å². The maximum Gasteiger partial charge on any atom is 0.433 e. The number of ketones is 5. The minimum absolute atomic E-state index is 0.0434. The number of carbonyl (C=O) groups excluding carboxylic acids is 5. The Morgan fingerprint density at radius 1 is 0.720 bits per heavy atom. The van der Waals surface area contributed by atoms with E-state index in [9.17, 15) is 72.6 Å². The van der Waals surface area contributed by atoms with Gasteiger partial charge in [-0.2, -0.15) is 40.8 Å². The van der Waals surface area contributed by atoms with E-state index in [1.54, 1.807) is 0 Å². The molecule has 0 atom stereocenters. The Morgan fingerprint density at radius 3 is 1.74 bits per heavy atom. The first-order chi connectivity index (χ1) is 38.6. The standard InChI is InChI=1S/C18H18F3NO5.C17H18F3NO5.C15H16F2N6O5S/c1-26-4-5-27-8-12-11(2-3-13(22-12)18(19,20)21)17(25)14-15(23)9-6-10(7-9)16(14)24;1-25-7-8-26-9-11-10(5-6-14(21-11)17(18,19)20)16(24)15-12(22)3-2-4-13(15)23;1-15(16,17)8-5-6-18-12(28-4)11(8)29(24,25)22-13-20-14-19-9(26-2)7-10(27-3)23(14)21-13/h2-3,9-10,25H,4-8H2,1H3;5-6,15H,2-4,7-9H2,1H3;5-7H,1-4H3,(H,21,22).